The molecule has 0 aliphatic carbocycles. The Kier molecular flexibility index (Phi) is 7.54. The molecule has 0 saturated carbocycles. The molecule has 1 heterocycles. The van der Waals surface area contributed by atoms with Crippen molar-refractivity contribution >= 4 is 6.01 Å². The van der Waals surface area contributed by atoms with Gasteiger partial charge in [0.2, 0.25) is 5.89 Å². The Labute approximate surface area is 121 Å². The van der Waals surface area contributed by atoms with E-state index >= 15 is 0 Å². The molecule has 0 spiro atoms. The molecule has 0 bridgehead atoms. The highest BCUT2D eigenvalue weighted by molar-refractivity contribution is 5.23. The number of anilines is 1. The standard InChI is InChI=1S/C14H28N4O2/c1-11(2)8-15-9-13-16-17-14(20-13)18(6-7-19-5)10-12(3)4/h11-12,15H,6-10H2,1-5H3. The van der Waals surface area contributed by atoms with Gasteiger partial charge in [-0.2, -0.15) is 0 Å². The van der Waals surface area contributed by atoms with Crippen LogP contribution in [0.3, 0.4) is 0 Å². The lowest BCUT2D eigenvalue weighted by atomic mass is 10.2. The lowest BCUT2D eigenvalue weighted by molar-refractivity contribution is 0.203. The number of nitrogens with zero attached hydrogens (tertiary/aromatic N) is 3. The molecule has 0 aliphatic heterocycles. The highest BCUT2D eigenvalue weighted by Crippen LogP contribution is 2.14. The highest BCUT2D eigenvalue weighted by atomic mass is 16.5. The zero-order valence-corrected chi connectivity index (χ0v) is 13.3. The van der Waals surface area contributed by atoms with Gasteiger partial charge in [-0.05, 0) is 18.4 Å². The van der Waals surface area contributed by atoms with Gasteiger partial charge in [0.15, 0.2) is 0 Å². The maximum atomic E-state index is 5.71. The number of hydrogen-bond donors (Lipinski definition) is 1. The van der Waals surface area contributed by atoms with Crippen LogP contribution in [0.4, 0.5) is 6.01 Å². The second-order valence-electron chi connectivity index (χ2n) is 5.84. The summed E-state index contributed by atoms with van der Waals surface area (Å²) in [5.41, 5.74) is 0. The van der Waals surface area contributed by atoms with Crippen LogP contribution < -0.4 is 10.2 Å². The van der Waals surface area contributed by atoms with Crippen molar-refractivity contribution in [3.8, 4) is 0 Å². The van der Waals surface area contributed by atoms with Crippen LogP contribution in [0, 0.1) is 11.8 Å². The normalized spacial score (nSPS) is 11.6. The van der Waals surface area contributed by atoms with Crippen molar-refractivity contribution in [2.75, 3.05) is 38.3 Å². The van der Waals surface area contributed by atoms with E-state index in [1.807, 2.05) is 0 Å². The zero-order valence-electron chi connectivity index (χ0n) is 13.3. The first kappa shape index (κ1) is 16.9. The molecule has 0 aromatic carbocycles. The molecule has 0 fully saturated rings. The van der Waals surface area contributed by atoms with Gasteiger partial charge in [0.05, 0.1) is 13.2 Å². The number of hydrogen-bond acceptors (Lipinski definition) is 6. The van der Waals surface area contributed by atoms with Crippen molar-refractivity contribution in [2.24, 2.45) is 11.8 Å². The van der Waals surface area contributed by atoms with Gasteiger partial charge in [0.1, 0.15) is 0 Å². The van der Waals surface area contributed by atoms with Gasteiger partial charge in [-0.15, -0.1) is 5.10 Å². The third-order valence-electron chi connectivity index (χ3n) is 2.71. The fraction of sp³-hybridized carbons (Fsp3) is 0.857. The fourth-order valence-electron chi connectivity index (χ4n) is 1.82. The monoisotopic (exact) mass is 284 g/mol. The molecule has 0 atom stereocenters. The summed E-state index contributed by atoms with van der Waals surface area (Å²) in [4.78, 5) is 2.08. The molecule has 1 rings (SSSR count). The predicted octanol–water partition coefficient (Wildman–Crippen LogP) is 1.92. The van der Waals surface area contributed by atoms with Gasteiger partial charge in [0, 0.05) is 20.2 Å². The van der Waals surface area contributed by atoms with Gasteiger partial charge >= 0.3 is 6.01 Å². The molecule has 1 aromatic heterocycles. The lowest BCUT2D eigenvalue weighted by Gasteiger charge is -2.21. The number of aromatic nitrogens is 2. The van der Waals surface area contributed by atoms with Crippen LogP contribution in [0.2, 0.25) is 0 Å². The molecule has 20 heavy (non-hydrogen) atoms. The minimum atomic E-state index is 0.529. The maximum Gasteiger partial charge on any atom is 0.318 e. The van der Waals surface area contributed by atoms with E-state index in [0.29, 0.717) is 36.9 Å². The molecule has 0 saturated heterocycles. The first-order valence-electron chi connectivity index (χ1n) is 7.30. The molecular formula is C14H28N4O2. The largest absolute Gasteiger partial charge is 0.407 e. The first-order valence-corrected chi connectivity index (χ1v) is 7.30. The molecule has 0 unspecified atom stereocenters. The van der Waals surface area contributed by atoms with E-state index in [9.17, 15) is 0 Å². The minimum absolute atomic E-state index is 0.529. The molecular weight excluding hydrogens is 256 g/mol. The van der Waals surface area contributed by atoms with Gasteiger partial charge in [-0.25, -0.2) is 0 Å². The van der Waals surface area contributed by atoms with E-state index < -0.39 is 0 Å². The maximum absolute atomic E-state index is 5.71. The molecule has 6 nitrogen and oxygen atoms in total. The van der Waals surface area contributed by atoms with Crippen LogP contribution in [0.25, 0.3) is 0 Å². The Balaban J connectivity index is 2.55. The number of nitrogens with one attached hydrogen (secondary N) is 1. The summed E-state index contributed by atoms with van der Waals surface area (Å²) < 4.78 is 10.8. The summed E-state index contributed by atoms with van der Waals surface area (Å²) in [7, 11) is 1.70. The molecule has 1 N–H and O–H groups in total. The van der Waals surface area contributed by atoms with Crippen molar-refractivity contribution in [1.29, 1.82) is 0 Å². The first-order chi connectivity index (χ1) is 9.52. The van der Waals surface area contributed by atoms with E-state index in [1.165, 1.54) is 0 Å². The molecule has 116 valence electrons. The second kappa shape index (κ2) is 8.92. The predicted molar refractivity (Wildman–Crippen MR) is 79.8 cm³/mol. The van der Waals surface area contributed by atoms with Gasteiger partial charge in [-0.3, -0.25) is 0 Å². The molecule has 0 aliphatic rings. The van der Waals surface area contributed by atoms with Crippen LogP contribution in [-0.2, 0) is 11.3 Å². The van der Waals surface area contributed by atoms with Crippen LogP contribution in [-0.4, -0.2) is 43.5 Å². The van der Waals surface area contributed by atoms with Crippen molar-refractivity contribution in [3.05, 3.63) is 5.89 Å². The minimum Gasteiger partial charge on any atom is -0.407 e. The molecule has 1 aromatic rings. The summed E-state index contributed by atoms with van der Waals surface area (Å²) in [5, 5.41) is 11.5. The van der Waals surface area contributed by atoms with Crippen molar-refractivity contribution in [3.63, 3.8) is 0 Å². The summed E-state index contributed by atoms with van der Waals surface area (Å²) in [5.74, 6) is 1.77. The number of ether oxygens (including phenoxy) is 1. The zero-order chi connectivity index (χ0) is 15.0. The lowest BCUT2D eigenvalue weighted by Crippen LogP contribution is -2.31. The Bertz CT molecular complexity index is 366. The van der Waals surface area contributed by atoms with Crippen molar-refractivity contribution < 1.29 is 9.15 Å². The van der Waals surface area contributed by atoms with E-state index in [-0.39, 0.29) is 0 Å². The van der Waals surface area contributed by atoms with Crippen LogP contribution >= 0.6 is 0 Å². The quantitative estimate of drug-likeness (QED) is 0.708. The van der Waals surface area contributed by atoms with E-state index in [2.05, 4.69) is 48.1 Å². The highest BCUT2D eigenvalue weighted by Gasteiger charge is 2.15. The molecule has 0 amide bonds. The third kappa shape index (κ3) is 6.34. The number of rotatable bonds is 10. The SMILES string of the molecule is COCCN(CC(C)C)c1nnc(CNCC(C)C)o1. The molecule has 6 heteroatoms. The van der Waals surface area contributed by atoms with Gasteiger partial charge < -0.3 is 19.4 Å². The Morgan fingerprint density at radius 1 is 1.20 bits per heavy atom. The summed E-state index contributed by atoms with van der Waals surface area (Å²) in [6, 6.07) is 0.581. The van der Waals surface area contributed by atoms with E-state index in [4.69, 9.17) is 9.15 Å². The second-order valence-corrected chi connectivity index (χ2v) is 5.84. The summed E-state index contributed by atoms with van der Waals surface area (Å²) >= 11 is 0. The van der Waals surface area contributed by atoms with Gasteiger partial charge in [-0.1, -0.05) is 32.8 Å². The summed E-state index contributed by atoms with van der Waals surface area (Å²) in [6.07, 6.45) is 0. The number of methoxy groups -OCH3 is 1. The van der Waals surface area contributed by atoms with Crippen LogP contribution in [0.15, 0.2) is 4.42 Å². The van der Waals surface area contributed by atoms with Crippen molar-refractivity contribution in [1.82, 2.24) is 15.5 Å². The van der Waals surface area contributed by atoms with Gasteiger partial charge in [0.25, 0.3) is 0 Å². The topological polar surface area (TPSA) is 63.4 Å². The van der Waals surface area contributed by atoms with E-state index in [0.717, 1.165) is 19.6 Å². The molecule has 0 radical (unpaired) electrons. The Hall–Kier alpha value is -1.14. The Morgan fingerprint density at radius 2 is 1.95 bits per heavy atom. The summed E-state index contributed by atoms with van der Waals surface area (Å²) in [6.45, 7) is 12.5. The average Bonchev–Trinajstić information content (AvgIpc) is 2.82. The van der Waals surface area contributed by atoms with E-state index in [1.54, 1.807) is 7.11 Å². The average molecular weight is 284 g/mol. The third-order valence-corrected chi connectivity index (χ3v) is 2.71. The fourth-order valence-corrected chi connectivity index (χ4v) is 1.82. The van der Waals surface area contributed by atoms with Crippen LogP contribution in [0.5, 0.6) is 0 Å². The Morgan fingerprint density at radius 3 is 2.55 bits per heavy atom. The van der Waals surface area contributed by atoms with Crippen molar-refractivity contribution in [2.45, 2.75) is 34.2 Å². The smallest absolute Gasteiger partial charge is 0.318 e. The van der Waals surface area contributed by atoms with Crippen LogP contribution in [0.1, 0.15) is 33.6 Å².